The van der Waals surface area contributed by atoms with Crippen LogP contribution in [0.5, 0.6) is 0 Å². The van der Waals surface area contributed by atoms with E-state index in [4.69, 9.17) is 25.3 Å². The molecule has 49 heavy (non-hydrogen) atoms. The van der Waals surface area contributed by atoms with Crippen LogP contribution in [0.4, 0.5) is 11.9 Å². The maximum atomic E-state index is 13.9. The van der Waals surface area contributed by atoms with Crippen molar-refractivity contribution in [2.24, 2.45) is 0 Å². The number of carbonyl (C=O) groups excluding carboxylic acids is 1. The van der Waals surface area contributed by atoms with Gasteiger partial charge in [-0.3, -0.25) is 19.6 Å². The number of fused-ring (bicyclic) bond motifs is 7. The lowest BCUT2D eigenvalue weighted by molar-refractivity contribution is -0.113. The third-order valence-corrected chi connectivity index (χ3v) is 8.81. The first kappa shape index (κ1) is 33.9. The lowest BCUT2D eigenvalue weighted by Crippen LogP contribution is -2.30. The zero-order valence-corrected chi connectivity index (χ0v) is 28.9. The van der Waals surface area contributed by atoms with E-state index in [1.165, 1.54) is 0 Å². The van der Waals surface area contributed by atoms with Crippen molar-refractivity contribution in [2.75, 3.05) is 30.4 Å². The van der Waals surface area contributed by atoms with Crippen LogP contribution in [0.15, 0.2) is 59.8 Å². The summed E-state index contributed by atoms with van der Waals surface area (Å²) < 4.78 is 6.18. The Hall–Kier alpha value is -5.01. The zero-order valence-electron chi connectivity index (χ0n) is 28.9. The van der Waals surface area contributed by atoms with Crippen molar-refractivity contribution in [3.05, 3.63) is 76.8 Å². The summed E-state index contributed by atoms with van der Waals surface area (Å²) in [5, 5.41) is 23.2. The van der Waals surface area contributed by atoms with Crippen molar-refractivity contribution >= 4 is 45.6 Å². The normalized spacial score (nSPS) is 17.5. The highest BCUT2D eigenvalue weighted by Crippen LogP contribution is 2.23. The third kappa shape index (κ3) is 7.84. The summed E-state index contributed by atoms with van der Waals surface area (Å²) in [6.07, 6.45) is 3.27. The number of para-hydroxylation sites is 2. The second kappa shape index (κ2) is 15.5. The van der Waals surface area contributed by atoms with Crippen molar-refractivity contribution < 1.29 is 9.63 Å². The summed E-state index contributed by atoms with van der Waals surface area (Å²) in [6, 6.07) is 16.3. The molecule has 0 saturated carbocycles. The van der Waals surface area contributed by atoms with Gasteiger partial charge in [-0.2, -0.15) is 5.10 Å². The summed E-state index contributed by atoms with van der Waals surface area (Å²) in [6.45, 7) is 12.0. The quantitative estimate of drug-likeness (QED) is 0.160. The van der Waals surface area contributed by atoms with E-state index < -0.39 is 0 Å². The number of imidazole rings is 2. The summed E-state index contributed by atoms with van der Waals surface area (Å²) in [7, 11) is 0. The first-order chi connectivity index (χ1) is 23.8. The molecule has 258 valence electrons. The number of anilines is 2. The average Bonchev–Trinajstić information content (AvgIpc) is 3.72. The Bertz CT molecular complexity index is 1980. The van der Waals surface area contributed by atoms with Crippen LogP contribution in [0.3, 0.4) is 0 Å². The van der Waals surface area contributed by atoms with Crippen molar-refractivity contribution in [1.82, 2.24) is 39.5 Å². The van der Waals surface area contributed by atoms with Gasteiger partial charge in [-0.05, 0) is 82.9 Å². The predicted molar refractivity (Wildman–Crippen MR) is 194 cm³/mol. The van der Waals surface area contributed by atoms with Gasteiger partial charge in [0, 0.05) is 50.6 Å². The van der Waals surface area contributed by atoms with Gasteiger partial charge in [-0.15, -0.1) is 0 Å². The maximum Gasteiger partial charge on any atom is 0.274 e. The Morgan fingerprint density at radius 1 is 0.939 bits per heavy atom. The fourth-order valence-corrected chi connectivity index (χ4v) is 6.44. The Balaban J connectivity index is 1.30. The summed E-state index contributed by atoms with van der Waals surface area (Å²) in [4.78, 5) is 29.6. The van der Waals surface area contributed by atoms with Crippen LogP contribution in [0, 0.1) is 19.3 Å². The highest BCUT2D eigenvalue weighted by molar-refractivity contribution is 6.10. The number of rotatable bonds is 3. The van der Waals surface area contributed by atoms with Gasteiger partial charge < -0.3 is 25.2 Å². The van der Waals surface area contributed by atoms with E-state index in [0.29, 0.717) is 69.1 Å². The zero-order chi connectivity index (χ0) is 34.3. The maximum absolute atomic E-state index is 13.9. The topological polar surface area (TPSA) is 152 Å². The highest BCUT2D eigenvalue weighted by atomic mass is 16.6. The molecule has 1 aliphatic rings. The molecule has 5 aromatic rings. The van der Waals surface area contributed by atoms with Crippen LogP contribution in [0.2, 0.25) is 0 Å². The fraction of sp³-hybridized carbons (Fsp3) is 0.417. The molecule has 0 atom stereocenters. The SMILES string of the molecule is CCN/C1=C(\C(C)=N)CCCCCn2nc(C)cc2CONc2nc3ccccc3n2CCNCCn2c(nc3cc(C)ccc32)NC1=O. The Morgan fingerprint density at radius 3 is 2.49 bits per heavy atom. The largest absolute Gasteiger partial charge is 0.381 e. The van der Waals surface area contributed by atoms with Crippen LogP contribution in [-0.2, 0) is 35.9 Å². The second-order valence-corrected chi connectivity index (χ2v) is 12.6. The van der Waals surface area contributed by atoms with Crippen LogP contribution < -0.4 is 21.4 Å². The van der Waals surface area contributed by atoms with Crippen LogP contribution in [0.1, 0.15) is 56.5 Å². The van der Waals surface area contributed by atoms with E-state index in [0.717, 1.165) is 70.4 Å². The van der Waals surface area contributed by atoms with Gasteiger partial charge in [-0.25, -0.2) is 15.4 Å². The average molecular weight is 666 g/mol. The Kier molecular flexibility index (Phi) is 10.7. The first-order valence-corrected chi connectivity index (χ1v) is 17.2. The molecule has 13 heteroatoms. The van der Waals surface area contributed by atoms with E-state index in [-0.39, 0.29) is 5.91 Å². The highest BCUT2D eigenvalue weighted by Gasteiger charge is 2.21. The molecule has 0 saturated heterocycles. The molecule has 2 aromatic carbocycles. The molecule has 3 aromatic heterocycles. The van der Waals surface area contributed by atoms with Crippen LogP contribution in [-0.4, -0.2) is 60.1 Å². The van der Waals surface area contributed by atoms with Gasteiger partial charge in [0.2, 0.25) is 11.9 Å². The molecule has 6 rings (SSSR count). The molecule has 13 nitrogen and oxygen atoms in total. The van der Waals surface area contributed by atoms with Gasteiger partial charge in [0.25, 0.3) is 5.91 Å². The summed E-state index contributed by atoms with van der Waals surface area (Å²) in [5.74, 6) is 0.843. The Labute approximate surface area is 286 Å². The molecule has 0 bridgehead atoms. The van der Waals surface area contributed by atoms with Crippen molar-refractivity contribution in [2.45, 2.75) is 79.6 Å². The van der Waals surface area contributed by atoms with E-state index in [9.17, 15) is 4.79 Å². The number of benzene rings is 2. The first-order valence-electron chi connectivity index (χ1n) is 17.2. The number of hydrogen-bond acceptors (Lipinski definition) is 9. The fourth-order valence-electron chi connectivity index (χ4n) is 6.44. The van der Waals surface area contributed by atoms with Crippen molar-refractivity contribution in [3.8, 4) is 0 Å². The number of hydrogen-bond donors (Lipinski definition) is 5. The van der Waals surface area contributed by atoms with Crippen molar-refractivity contribution in [1.29, 1.82) is 5.41 Å². The lowest BCUT2D eigenvalue weighted by Gasteiger charge is -2.17. The molecule has 1 amide bonds. The van der Waals surface area contributed by atoms with Gasteiger partial charge >= 0.3 is 0 Å². The third-order valence-electron chi connectivity index (χ3n) is 8.81. The number of likely N-dealkylation sites (N-methyl/N-ethyl adjacent to an activating group) is 1. The van der Waals surface area contributed by atoms with Crippen LogP contribution in [0.25, 0.3) is 22.1 Å². The van der Waals surface area contributed by atoms with Crippen LogP contribution >= 0.6 is 0 Å². The van der Waals surface area contributed by atoms with Crippen molar-refractivity contribution in [3.63, 3.8) is 0 Å². The van der Waals surface area contributed by atoms with E-state index in [1.54, 1.807) is 6.92 Å². The summed E-state index contributed by atoms with van der Waals surface area (Å²) in [5.41, 5.74) is 11.4. The minimum Gasteiger partial charge on any atom is -0.381 e. The predicted octanol–water partition coefficient (Wildman–Crippen LogP) is 5.45. The van der Waals surface area contributed by atoms with Gasteiger partial charge in [-0.1, -0.05) is 24.6 Å². The number of nitrogens with one attached hydrogen (secondary N) is 5. The molecule has 0 unspecified atom stereocenters. The molecule has 5 N–H and O–H groups in total. The number of amides is 1. The molecular weight excluding hydrogens is 618 g/mol. The smallest absolute Gasteiger partial charge is 0.274 e. The minimum atomic E-state index is -0.285. The second-order valence-electron chi connectivity index (χ2n) is 12.6. The van der Waals surface area contributed by atoms with Gasteiger partial charge in [0.15, 0.2) is 0 Å². The molecular formula is C36H47N11O2. The number of nitrogens with zero attached hydrogens (tertiary/aromatic N) is 6. The molecule has 4 heterocycles. The molecule has 0 aliphatic carbocycles. The van der Waals surface area contributed by atoms with E-state index in [1.807, 2.05) is 60.4 Å². The minimum absolute atomic E-state index is 0.285. The molecule has 0 radical (unpaired) electrons. The van der Waals surface area contributed by atoms with E-state index in [2.05, 4.69) is 44.2 Å². The number of allylic oxidation sites excluding steroid dienone is 1. The summed E-state index contributed by atoms with van der Waals surface area (Å²) >= 11 is 0. The number of carbonyl (C=O) groups is 1. The molecule has 0 fully saturated rings. The number of aromatic nitrogens is 6. The van der Waals surface area contributed by atoms with Gasteiger partial charge in [0.1, 0.15) is 12.3 Å². The lowest BCUT2D eigenvalue weighted by atomic mass is 10.0. The Morgan fingerprint density at radius 2 is 1.69 bits per heavy atom. The van der Waals surface area contributed by atoms with Gasteiger partial charge in [0.05, 0.1) is 33.5 Å². The number of aryl methyl sites for hydroxylation is 3. The monoisotopic (exact) mass is 665 g/mol. The molecule has 0 spiro atoms. The molecule has 1 aliphatic heterocycles. The standard InChI is InChI=1S/C36H47N11O2/c1-5-39-33-28(26(4)37)11-7-6-10-18-47-27(22-25(3)43-47)23-49-44-36-40-29-12-8-9-13-31(29)46(36)20-17-38-16-19-45-32-15-14-24(2)21-30(32)41-35(45)42-34(33)48/h8-9,12-15,21-22,37-39H,5-7,10-11,16-20,23H2,1-4H3,(H,40,44)(H,41,42,48)/b33-28-,37-26?. The van der Waals surface area contributed by atoms with E-state index >= 15 is 0 Å².